The first kappa shape index (κ1) is 11.0. The Bertz CT molecular complexity index is 650. The van der Waals surface area contributed by atoms with E-state index in [4.69, 9.17) is 0 Å². The Morgan fingerprint density at radius 2 is 2.06 bits per heavy atom. The largest absolute Gasteiger partial charge is 0.334 e. The summed E-state index contributed by atoms with van der Waals surface area (Å²) in [6, 6.07) is 10.2. The third-order valence-corrected chi connectivity index (χ3v) is 3.07. The second-order valence-corrected chi connectivity index (χ2v) is 4.50. The van der Waals surface area contributed by atoms with Crippen LogP contribution in [-0.4, -0.2) is 19.6 Å². The van der Waals surface area contributed by atoms with Gasteiger partial charge in [0.05, 0.1) is 5.52 Å². The lowest BCUT2D eigenvalue weighted by atomic mass is 10.2. The molecule has 3 aromatic rings. The molecular formula is C14H16N4. The van der Waals surface area contributed by atoms with E-state index in [9.17, 15) is 0 Å². The van der Waals surface area contributed by atoms with Crippen molar-refractivity contribution in [2.45, 2.75) is 26.4 Å². The summed E-state index contributed by atoms with van der Waals surface area (Å²) in [4.78, 5) is 0. The molecule has 0 fully saturated rings. The third kappa shape index (κ3) is 2.01. The average molecular weight is 240 g/mol. The SMILES string of the molecule is CCCc1ccn(Cn2nnc3ccccc32)c1. The lowest BCUT2D eigenvalue weighted by molar-refractivity contribution is 0.546. The molecule has 1 aromatic carbocycles. The predicted octanol–water partition coefficient (Wildman–Crippen LogP) is 2.69. The fraction of sp³-hybridized carbons (Fsp3) is 0.286. The van der Waals surface area contributed by atoms with E-state index in [1.165, 1.54) is 12.0 Å². The minimum Gasteiger partial charge on any atom is -0.334 e. The van der Waals surface area contributed by atoms with Gasteiger partial charge in [-0.25, -0.2) is 4.68 Å². The highest BCUT2D eigenvalue weighted by molar-refractivity contribution is 5.73. The number of aryl methyl sites for hydroxylation is 1. The van der Waals surface area contributed by atoms with Crippen LogP contribution in [0.25, 0.3) is 11.0 Å². The molecule has 0 aliphatic rings. The average Bonchev–Trinajstić information content (AvgIpc) is 2.99. The van der Waals surface area contributed by atoms with Crippen LogP contribution in [0.4, 0.5) is 0 Å². The number of fused-ring (bicyclic) bond motifs is 1. The molecule has 0 atom stereocenters. The van der Waals surface area contributed by atoms with Gasteiger partial charge in [0.15, 0.2) is 0 Å². The summed E-state index contributed by atoms with van der Waals surface area (Å²) in [5.41, 5.74) is 3.39. The zero-order valence-corrected chi connectivity index (χ0v) is 10.5. The Kier molecular flexibility index (Phi) is 2.84. The quantitative estimate of drug-likeness (QED) is 0.703. The van der Waals surface area contributed by atoms with Crippen molar-refractivity contribution in [3.63, 3.8) is 0 Å². The molecule has 0 saturated carbocycles. The first-order valence-corrected chi connectivity index (χ1v) is 6.29. The van der Waals surface area contributed by atoms with Crippen LogP contribution in [0, 0.1) is 0 Å². The number of rotatable bonds is 4. The zero-order valence-electron chi connectivity index (χ0n) is 10.5. The molecule has 0 N–H and O–H groups in total. The summed E-state index contributed by atoms with van der Waals surface area (Å²) in [5.74, 6) is 0. The van der Waals surface area contributed by atoms with E-state index in [1.807, 2.05) is 28.9 Å². The van der Waals surface area contributed by atoms with Crippen LogP contribution < -0.4 is 0 Å². The van der Waals surface area contributed by atoms with Gasteiger partial charge in [-0.1, -0.05) is 30.7 Å². The van der Waals surface area contributed by atoms with Crippen molar-refractivity contribution in [3.8, 4) is 0 Å². The summed E-state index contributed by atoms with van der Waals surface area (Å²) in [5, 5.41) is 8.35. The smallest absolute Gasteiger partial charge is 0.118 e. The van der Waals surface area contributed by atoms with Gasteiger partial charge in [-0.05, 0) is 30.2 Å². The fourth-order valence-electron chi connectivity index (χ4n) is 2.19. The molecule has 0 saturated heterocycles. The Labute approximate surface area is 106 Å². The van der Waals surface area contributed by atoms with Gasteiger partial charge in [-0.2, -0.15) is 0 Å². The topological polar surface area (TPSA) is 35.6 Å². The Balaban J connectivity index is 1.87. The van der Waals surface area contributed by atoms with Crippen LogP contribution in [0.2, 0.25) is 0 Å². The van der Waals surface area contributed by atoms with Crippen LogP contribution in [0.5, 0.6) is 0 Å². The summed E-state index contributed by atoms with van der Waals surface area (Å²) >= 11 is 0. The van der Waals surface area contributed by atoms with Gasteiger partial charge >= 0.3 is 0 Å². The van der Waals surface area contributed by atoms with Crippen molar-refractivity contribution in [1.82, 2.24) is 19.6 Å². The van der Waals surface area contributed by atoms with E-state index in [1.54, 1.807) is 0 Å². The first-order valence-electron chi connectivity index (χ1n) is 6.29. The van der Waals surface area contributed by atoms with Gasteiger partial charge in [0.1, 0.15) is 12.2 Å². The van der Waals surface area contributed by atoms with Gasteiger partial charge in [-0.15, -0.1) is 5.10 Å². The number of nitrogens with zero attached hydrogens (tertiary/aromatic N) is 4. The van der Waals surface area contributed by atoms with Crippen molar-refractivity contribution >= 4 is 11.0 Å². The predicted molar refractivity (Wildman–Crippen MR) is 71.4 cm³/mol. The van der Waals surface area contributed by atoms with Crippen LogP contribution in [-0.2, 0) is 13.1 Å². The number of para-hydroxylation sites is 1. The summed E-state index contributed by atoms with van der Waals surface area (Å²) in [7, 11) is 0. The molecule has 0 bridgehead atoms. The van der Waals surface area contributed by atoms with E-state index in [0.717, 1.165) is 17.5 Å². The highest BCUT2D eigenvalue weighted by atomic mass is 15.5. The highest BCUT2D eigenvalue weighted by Gasteiger charge is 2.03. The number of benzene rings is 1. The fourth-order valence-corrected chi connectivity index (χ4v) is 2.19. The molecule has 4 nitrogen and oxygen atoms in total. The van der Waals surface area contributed by atoms with Crippen molar-refractivity contribution in [2.75, 3.05) is 0 Å². The monoisotopic (exact) mass is 240 g/mol. The van der Waals surface area contributed by atoms with Crippen molar-refractivity contribution < 1.29 is 0 Å². The Morgan fingerprint density at radius 3 is 2.94 bits per heavy atom. The number of hydrogen-bond donors (Lipinski definition) is 0. The van der Waals surface area contributed by atoms with Crippen molar-refractivity contribution in [2.24, 2.45) is 0 Å². The minimum absolute atomic E-state index is 0.713. The molecule has 0 aliphatic heterocycles. The highest BCUT2D eigenvalue weighted by Crippen LogP contribution is 2.11. The van der Waals surface area contributed by atoms with Crippen LogP contribution in [0.3, 0.4) is 0 Å². The molecule has 0 spiro atoms. The van der Waals surface area contributed by atoms with Gasteiger partial charge in [0.2, 0.25) is 0 Å². The van der Waals surface area contributed by atoms with Gasteiger partial charge in [-0.3, -0.25) is 0 Å². The molecule has 4 heteroatoms. The molecule has 0 radical (unpaired) electrons. The van der Waals surface area contributed by atoms with Crippen molar-refractivity contribution in [3.05, 3.63) is 48.3 Å². The third-order valence-electron chi connectivity index (χ3n) is 3.07. The lowest BCUT2D eigenvalue weighted by Gasteiger charge is -2.03. The standard InChI is InChI=1S/C14H16N4/c1-2-5-12-8-9-17(10-12)11-18-14-7-4-3-6-13(14)15-16-18/h3-4,6-10H,2,5,11H2,1H3. The molecular weight excluding hydrogens is 224 g/mol. The van der Waals surface area contributed by atoms with E-state index in [-0.39, 0.29) is 0 Å². The van der Waals surface area contributed by atoms with Crippen LogP contribution in [0.1, 0.15) is 18.9 Å². The lowest BCUT2D eigenvalue weighted by Crippen LogP contribution is -2.07. The first-order chi connectivity index (χ1) is 8.86. The van der Waals surface area contributed by atoms with E-state index >= 15 is 0 Å². The molecule has 18 heavy (non-hydrogen) atoms. The maximum absolute atomic E-state index is 4.19. The molecule has 3 rings (SSSR count). The second kappa shape index (κ2) is 4.64. The van der Waals surface area contributed by atoms with E-state index in [0.29, 0.717) is 6.67 Å². The normalized spacial score (nSPS) is 11.2. The molecule has 2 aromatic heterocycles. The Hall–Kier alpha value is -2.10. The molecule has 0 amide bonds. The second-order valence-electron chi connectivity index (χ2n) is 4.50. The van der Waals surface area contributed by atoms with Crippen molar-refractivity contribution in [1.29, 1.82) is 0 Å². The van der Waals surface area contributed by atoms with Gasteiger partial charge in [0, 0.05) is 12.4 Å². The zero-order chi connectivity index (χ0) is 12.4. The van der Waals surface area contributed by atoms with E-state index in [2.05, 4.69) is 40.3 Å². The molecule has 0 aliphatic carbocycles. The summed E-state index contributed by atoms with van der Waals surface area (Å²) in [6.45, 7) is 2.91. The summed E-state index contributed by atoms with van der Waals surface area (Å²) < 4.78 is 4.07. The molecule has 2 heterocycles. The van der Waals surface area contributed by atoms with E-state index < -0.39 is 0 Å². The minimum atomic E-state index is 0.713. The van der Waals surface area contributed by atoms with Gasteiger partial charge in [0.25, 0.3) is 0 Å². The van der Waals surface area contributed by atoms with Gasteiger partial charge < -0.3 is 4.57 Å². The molecule has 92 valence electrons. The maximum atomic E-state index is 4.19. The number of aromatic nitrogens is 4. The summed E-state index contributed by atoms with van der Waals surface area (Å²) in [6.07, 6.45) is 6.59. The molecule has 0 unspecified atom stereocenters. The maximum Gasteiger partial charge on any atom is 0.118 e. The number of hydrogen-bond acceptors (Lipinski definition) is 2. The van der Waals surface area contributed by atoms with Crippen LogP contribution >= 0.6 is 0 Å². The Morgan fingerprint density at radius 1 is 1.17 bits per heavy atom. The van der Waals surface area contributed by atoms with Crippen LogP contribution in [0.15, 0.2) is 42.7 Å².